The van der Waals surface area contributed by atoms with Crippen LogP contribution in [0.25, 0.3) is 0 Å². The van der Waals surface area contributed by atoms with Gasteiger partial charge in [-0.05, 0) is 18.8 Å². The summed E-state index contributed by atoms with van der Waals surface area (Å²) in [6, 6.07) is 0. The Balaban J connectivity index is 2.18. The van der Waals surface area contributed by atoms with E-state index in [4.69, 9.17) is 0 Å². The number of aldehydes is 1. The zero-order valence-electron chi connectivity index (χ0n) is 6.96. The number of hydrogen-bond donors (Lipinski definition) is 0. The van der Waals surface area contributed by atoms with E-state index in [0.717, 1.165) is 12.2 Å². The highest BCUT2D eigenvalue weighted by Gasteiger charge is 2.08. The van der Waals surface area contributed by atoms with Crippen LogP contribution in [0.3, 0.4) is 0 Å². The van der Waals surface area contributed by atoms with Gasteiger partial charge in [-0.1, -0.05) is 31.4 Å². The number of hydrogen-bond acceptors (Lipinski definition) is 1. The summed E-state index contributed by atoms with van der Waals surface area (Å²) in [4.78, 5) is 10.00. The van der Waals surface area contributed by atoms with Crippen molar-refractivity contribution in [3.05, 3.63) is 12.2 Å². The first kappa shape index (κ1) is 8.51. The molecule has 0 amide bonds. The van der Waals surface area contributed by atoms with Gasteiger partial charge < -0.3 is 4.79 Å². The van der Waals surface area contributed by atoms with Crippen molar-refractivity contribution in [3.8, 4) is 0 Å². The minimum atomic E-state index is 0.594. The normalized spacial score (nSPS) is 20.7. The summed E-state index contributed by atoms with van der Waals surface area (Å²) in [7, 11) is 0. The second-order valence-electron chi connectivity index (χ2n) is 3.23. The van der Waals surface area contributed by atoms with E-state index in [1.807, 2.05) is 6.08 Å². The molecule has 0 heterocycles. The molecular formula is C10H16O. The van der Waals surface area contributed by atoms with E-state index in [1.165, 1.54) is 32.1 Å². The molecule has 62 valence electrons. The maximum absolute atomic E-state index is 10.00. The molecule has 0 unspecified atom stereocenters. The molecule has 0 aromatic rings. The van der Waals surface area contributed by atoms with Crippen LogP contribution < -0.4 is 0 Å². The Labute approximate surface area is 68.5 Å². The average Bonchev–Trinajstić information content (AvgIpc) is 2.07. The lowest BCUT2D eigenvalue weighted by molar-refractivity contribution is -0.107. The molecule has 0 N–H and O–H groups in total. The third-order valence-corrected chi connectivity index (χ3v) is 2.29. The molecule has 1 saturated carbocycles. The molecule has 11 heavy (non-hydrogen) atoms. The van der Waals surface area contributed by atoms with Crippen LogP contribution in [-0.2, 0) is 4.79 Å². The van der Waals surface area contributed by atoms with Gasteiger partial charge in [-0.2, -0.15) is 0 Å². The van der Waals surface area contributed by atoms with E-state index >= 15 is 0 Å². The molecule has 1 nitrogen and oxygen atoms in total. The molecule has 0 saturated heterocycles. The van der Waals surface area contributed by atoms with Gasteiger partial charge in [-0.15, -0.1) is 0 Å². The molecule has 1 heteroatoms. The maximum atomic E-state index is 10.00. The Morgan fingerprint density at radius 1 is 1.18 bits per heavy atom. The number of allylic oxidation sites excluding steroid dienone is 2. The molecule has 0 spiro atoms. The van der Waals surface area contributed by atoms with E-state index in [0.29, 0.717) is 6.42 Å². The fraction of sp³-hybridized carbons (Fsp3) is 0.700. The van der Waals surface area contributed by atoms with Crippen molar-refractivity contribution >= 4 is 6.29 Å². The minimum absolute atomic E-state index is 0.594. The molecule has 1 aliphatic carbocycles. The predicted molar refractivity (Wildman–Crippen MR) is 46.4 cm³/mol. The van der Waals surface area contributed by atoms with Crippen molar-refractivity contribution in [2.24, 2.45) is 5.92 Å². The van der Waals surface area contributed by atoms with Crippen LogP contribution in [0.15, 0.2) is 12.2 Å². The number of carbonyl (C=O) groups excluding carboxylic acids is 1. The Morgan fingerprint density at radius 2 is 1.91 bits per heavy atom. The summed E-state index contributed by atoms with van der Waals surface area (Å²) in [6.07, 6.45) is 12.6. The van der Waals surface area contributed by atoms with Gasteiger partial charge in [-0.3, -0.25) is 0 Å². The summed E-state index contributed by atoms with van der Waals surface area (Å²) in [6.45, 7) is 0. The lowest BCUT2D eigenvalue weighted by atomic mass is 9.89. The van der Waals surface area contributed by atoms with E-state index in [1.54, 1.807) is 0 Å². The summed E-state index contributed by atoms with van der Waals surface area (Å²) >= 11 is 0. The summed E-state index contributed by atoms with van der Waals surface area (Å²) in [5.41, 5.74) is 0. The van der Waals surface area contributed by atoms with Gasteiger partial charge in [0.25, 0.3) is 0 Å². The fourth-order valence-electron chi connectivity index (χ4n) is 1.65. The van der Waals surface area contributed by atoms with Gasteiger partial charge in [0.05, 0.1) is 0 Å². The van der Waals surface area contributed by atoms with E-state index < -0.39 is 0 Å². The highest BCUT2D eigenvalue weighted by molar-refractivity contribution is 5.51. The van der Waals surface area contributed by atoms with E-state index in [2.05, 4.69) is 6.08 Å². The lowest BCUT2D eigenvalue weighted by Crippen LogP contribution is -2.02. The fourth-order valence-corrected chi connectivity index (χ4v) is 1.65. The quantitative estimate of drug-likeness (QED) is 0.449. The average molecular weight is 152 g/mol. The number of rotatable bonds is 3. The Kier molecular flexibility index (Phi) is 3.95. The van der Waals surface area contributed by atoms with Crippen molar-refractivity contribution in [2.75, 3.05) is 0 Å². The Hall–Kier alpha value is -0.590. The highest BCUT2D eigenvalue weighted by Crippen LogP contribution is 2.24. The van der Waals surface area contributed by atoms with E-state index in [9.17, 15) is 4.79 Å². The standard InChI is InChI=1S/C10H16O/c11-9-5-4-8-10-6-2-1-3-7-10/h4,8-10H,1-3,5-7H2/b8-4-. The maximum Gasteiger partial charge on any atom is 0.123 e. The molecule has 1 fully saturated rings. The van der Waals surface area contributed by atoms with Crippen LogP contribution in [0.5, 0.6) is 0 Å². The molecule has 0 bridgehead atoms. The van der Waals surface area contributed by atoms with Gasteiger partial charge in [0.1, 0.15) is 6.29 Å². The molecule has 0 radical (unpaired) electrons. The third-order valence-electron chi connectivity index (χ3n) is 2.29. The highest BCUT2D eigenvalue weighted by atomic mass is 16.1. The van der Waals surface area contributed by atoms with Gasteiger partial charge >= 0.3 is 0 Å². The first-order valence-corrected chi connectivity index (χ1v) is 4.54. The topological polar surface area (TPSA) is 17.1 Å². The second-order valence-corrected chi connectivity index (χ2v) is 3.23. The van der Waals surface area contributed by atoms with Crippen molar-refractivity contribution in [1.82, 2.24) is 0 Å². The van der Waals surface area contributed by atoms with Crippen LogP contribution in [0, 0.1) is 5.92 Å². The van der Waals surface area contributed by atoms with Crippen molar-refractivity contribution in [1.29, 1.82) is 0 Å². The molecule has 0 aliphatic heterocycles. The zero-order chi connectivity index (χ0) is 7.94. The summed E-state index contributed by atoms with van der Waals surface area (Å²) in [5.74, 6) is 0.767. The summed E-state index contributed by atoms with van der Waals surface area (Å²) in [5, 5.41) is 0. The molecule has 1 rings (SSSR count). The van der Waals surface area contributed by atoms with Crippen molar-refractivity contribution < 1.29 is 4.79 Å². The second kappa shape index (κ2) is 5.11. The Morgan fingerprint density at radius 3 is 2.55 bits per heavy atom. The number of carbonyl (C=O) groups is 1. The molecule has 0 atom stereocenters. The molecular weight excluding hydrogens is 136 g/mol. The monoisotopic (exact) mass is 152 g/mol. The van der Waals surface area contributed by atoms with Crippen LogP contribution in [0.2, 0.25) is 0 Å². The first-order chi connectivity index (χ1) is 5.43. The van der Waals surface area contributed by atoms with E-state index in [-0.39, 0.29) is 0 Å². The van der Waals surface area contributed by atoms with Crippen LogP contribution in [0.4, 0.5) is 0 Å². The first-order valence-electron chi connectivity index (χ1n) is 4.54. The molecule has 1 aliphatic rings. The van der Waals surface area contributed by atoms with Gasteiger partial charge in [0, 0.05) is 6.42 Å². The smallest absolute Gasteiger partial charge is 0.123 e. The predicted octanol–water partition coefficient (Wildman–Crippen LogP) is 2.71. The minimum Gasteiger partial charge on any atom is -0.303 e. The molecule has 0 aromatic carbocycles. The molecule has 0 aromatic heterocycles. The Bertz CT molecular complexity index is 132. The lowest BCUT2D eigenvalue weighted by Gasteiger charge is -2.17. The SMILES string of the molecule is O=CC/C=C\C1CCCCC1. The van der Waals surface area contributed by atoms with Gasteiger partial charge in [-0.25, -0.2) is 0 Å². The van der Waals surface area contributed by atoms with Crippen LogP contribution in [0.1, 0.15) is 38.5 Å². The zero-order valence-corrected chi connectivity index (χ0v) is 6.96. The summed E-state index contributed by atoms with van der Waals surface area (Å²) < 4.78 is 0. The van der Waals surface area contributed by atoms with Gasteiger partial charge in [0.15, 0.2) is 0 Å². The van der Waals surface area contributed by atoms with Crippen molar-refractivity contribution in [2.45, 2.75) is 38.5 Å². The largest absolute Gasteiger partial charge is 0.303 e. The third kappa shape index (κ3) is 3.35. The van der Waals surface area contributed by atoms with Crippen LogP contribution >= 0.6 is 0 Å². The van der Waals surface area contributed by atoms with Crippen molar-refractivity contribution in [3.63, 3.8) is 0 Å². The van der Waals surface area contributed by atoms with Crippen LogP contribution in [-0.4, -0.2) is 6.29 Å². The van der Waals surface area contributed by atoms with Gasteiger partial charge in [0.2, 0.25) is 0 Å².